The molecule has 5 nitrogen and oxygen atoms in total. The summed E-state index contributed by atoms with van der Waals surface area (Å²) >= 11 is 12.6. The highest BCUT2D eigenvalue weighted by Crippen LogP contribution is 2.35. The maximum Gasteiger partial charge on any atom is 0.264 e. The second-order valence-corrected chi connectivity index (χ2v) is 11.6. The highest BCUT2D eigenvalue weighted by Gasteiger charge is 2.30. The van der Waals surface area contributed by atoms with Gasteiger partial charge in [-0.2, -0.15) is 0 Å². The Morgan fingerprint density at radius 3 is 2.40 bits per heavy atom. The maximum absolute atomic E-state index is 13.6. The number of amides is 1. The monoisotopic (exact) mass is 530 g/mol. The smallest absolute Gasteiger partial charge is 0.264 e. The molecule has 8 heteroatoms. The van der Waals surface area contributed by atoms with Crippen molar-refractivity contribution in [1.29, 1.82) is 0 Å². The molecule has 1 N–H and O–H groups in total. The minimum Gasteiger partial charge on any atom is -0.348 e. The first kappa shape index (κ1) is 25.5. The fourth-order valence-electron chi connectivity index (χ4n) is 4.35. The first-order chi connectivity index (χ1) is 16.7. The van der Waals surface area contributed by atoms with E-state index in [2.05, 4.69) is 17.4 Å². The number of hydrogen-bond donors (Lipinski definition) is 1. The molecular formula is C27H28Cl2N2O3S. The number of nitrogens with zero attached hydrogens (tertiary/aromatic N) is 1. The topological polar surface area (TPSA) is 66.5 Å². The molecule has 0 spiro atoms. The van der Waals surface area contributed by atoms with Gasteiger partial charge in [0.1, 0.15) is 6.54 Å². The van der Waals surface area contributed by atoms with Crippen molar-refractivity contribution in [2.24, 2.45) is 0 Å². The van der Waals surface area contributed by atoms with E-state index in [9.17, 15) is 13.2 Å². The number of rotatable bonds is 7. The Kier molecular flexibility index (Phi) is 7.74. The Bertz CT molecular complexity index is 1340. The van der Waals surface area contributed by atoms with E-state index < -0.39 is 22.5 Å². The van der Waals surface area contributed by atoms with Crippen molar-refractivity contribution < 1.29 is 13.2 Å². The Labute approximate surface area is 217 Å². The van der Waals surface area contributed by atoms with Gasteiger partial charge in [0.25, 0.3) is 10.0 Å². The number of carbonyl (C=O) groups excluding carboxylic acids is 1. The van der Waals surface area contributed by atoms with Crippen LogP contribution < -0.4 is 9.62 Å². The Balaban J connectivity index is 1.61. The number of nitrogens with one attached hydrogen (secondary N) is 1. The van der Waals surface area contributed by atoms with Crippen LogP contribution in [0.1, 0.15) is 48.1 Å². The summed E-state index contributed by atoms with van der Waals surface area (Å²) in [5.74, 6) is -0.443. The first-order valence-corrected chi connectivity index (χ1v) is 13.8. The van der Waals surface area contributed by atoms with Gasteiger partial charge in [-0.25, -0.2) is 8.42 Å². The van der Waals surface area contributed by atoms with Crippen molar-refractivity contribution in [3.63, 3.8) is 0 Å². The zero-order valence-corrected chi connectivity index (χ0v) is 22.1. The molecule has 1 aliphatic rings. The number of hydrogen-bond acceptors (Lipinski definition) is 3. The summed E-state index contributed by atoms with van der Waals surface area (Å²) in [6.45, 7) is 3.33. The Morgan fingerprint density at radius 1 is 1.00 bits per heavy atom. The van der Waals surface area contributed by atoms with Crippen LogP contribution in [0.2, 0.25) is 10.0 Å². The predicted molar refractivity (Wildman–Crippen MR) is 142 cm³/mol. The van der Waals surface area contributed by atoms with E-state index >= 15 is 0 Å². The van der Waals surface area contributed by atoms with Gasteiger partial charge < -0.3 is 5.32 Å². The Morgan fingerprint density at radius 2 is 1.69 bits per heavy atom. The van der Waals surface area contributed by atoms with Crippen molar-refractivity contribution in [3.05, 3.63) is 93.0 Å². The molecule has 3 aromatic carbocycles. The van der Waals surface area contributed by atoms with Crippen LogP contribution >= 0.6 is 23.2 Å². The van der Waals surface area contributed by atoms with E-state index in [1.165, 1.54) is 36.1 Å². The molecule has 4 rings (SSSR count). The lowest BCUT2D eigenvalue weighted by Gasteiger charge is -2.26. The largest absolute Gasteiger partial charge is 0.348 e. The van der Waals surface area contributed by atoms with Crippen LogP contribution in [0.25, 0.3) is 0 Å². The van der Waals surface area contributed by atoms with Crippen LogP contribution in [0.15, 0.2) is 65.6 Å². The molecule has 1 aliphatic carbocycles. The van der Waals surface area contributed by atoms with Gasteiger partial charge in [0.2, 0.25) is 5.91 Å². The van der Waals surface area contributed by atoms with Gasteiger partial charge in [-0.3, -0.25) is 9.10 Å². The lowest BCUT2D eigenvalue weighted by atomic mass is 9.89. The molecule has 184 valence electrons. The molecular weight excluding hydrogens is 503 g/mol. The van der Waals surface area contributed by atoms with Crippen molar-refractivity contribution in [1.82, 2.24) is 5.32 Å². The van der Waals surface area contributed by atoms with Gasteiger partial charge in [-0.15, -0.1) is 0 Å². The summed E-state index contributed by atoms with van der Waals surface area (Å²) < 4.78 is 28.2. The van der Waals surface area contributed by atoms with E-state index in [1.54, 1.807) is 30.3 Å². The van der Waals surface area contributed by atoms with Crippen molar-refractivity contribution in [3.8, 4) is 0 Å². The fraction of sp³-hybridized carbons (Fsp3) is 0.296. The third-order valence-corrected chi connectivity index (χ3v) is 8.93. The lowest BCUT2D eigenvalue weighted by molar-refractivity contribution is -0.120. The molecule has 0 radical (unpaired) electrons. The van der Waals surface area contributed by atoms with Gasteiger partial charge in [0, 0.05) is 0 Å². The van der Waals surface area contributed by atoms with E-state index in [1.807, 2.05) is 19.9 Å². The van der Waals surface area contributed by atoms with Crippen LogP contribution in [0.3, 0.4) is 0 Å². The Hall–Kier alpha value is -2.54. The third-order valence-electron chi connectivity index (χ3n) is 6.35. The standard InChI is InChI=1S/C27H28Cl2N2O3S/c1-18-10-14-23(15-11-18)35(33,34)31(25-9-5-8-24(28)27(25)29)17-26(32)30-19(2)21-13-12-20-6-3-4-7-22(20)16-21/h5,8-16,19H,3-4,6-7,17H2,1-2H3,(H,30,32)/t19-/m1/s1. The number of sulfonamides is 1. The van der Waals surface area contributed by atoms with Crippen LogP contribution in [0.5, 0.6) is 0 Å². The van der Waals surface area contributed by atoms with Crippen molar-refractivity contribution in [2.45, 2.75) is 50.5 Å². The van der Waals surface area contributed by atoms with Gasteiger partial charge in [-0.1, -0.05) is 65.2 Å². The zero-order chi connectivity index (χ0) is 25.2. The summed E-state index contributed by atoms with van der Waals surface area (Å²) in [5, 5.41) is 3.22. The second kappa shape index (κ2) is 10.6. The van der Waals surface area contributed by atoms with Gasteiger partial charge in [0.15, 0.2) is 0 Å². The molecule has 1 atom stereocenters. The minimum atomic E-state index is -4.09. The molecule has 0 aromatic heterocycles. The molecule has 3 aromatic rings. The van der Waals surface area contributed by atoms with Crippen LogP contribution in [0.4, 0.5) is 5.69 Å². The van der Waals surface area contributed by atoms with E-state index in [4.69, 9.17) is 23.2 Å². The number of halogens is 2. The highest BCUT2D eigenvalue weighted by molar-refractivity contribution is 7.92. The number of benzene rings is 3. The van der Waals surface area contributed by atoms with E-state index in [0.717, 1.165) is 28.3 Å². The van der Waals surface area contributed by atoms with Gasteiger partial charge >= 0.3 is 0 Å². The highest BCUT2D eigenvalue weighted by atomic mass is 35.5. The summed E-state index contributed by atoms with van der Waals surface area (Å²) in [6, 6.07) is 17.2. The lowest BCUT2D eigenvalue weighted by Crippen LogP contribution is -2.41. The summed E-state index contributed by atoms with van der Waals surface area (Å²) in [6.07, 6.45) is 4.50. The SMILES string of the molecule is Cc1ccc(S(=O)(=O)N(CC(=O)N[C@H](C)c2ccc3c(c2)CCCC3)c2cccc(Cl)c2Cl)cc1. The number of aryl methyl sites for hydroxylation is 3. The van der Waals surface area contributed by atoms with Crippen LogP contribution in [0, 0.1) is 6.92 Å². The average molecular weight is 532 g/mol. The molecule has 0 heterocycles. The molecule has 0 fully saturated rings. The molecule has 0 bridgehead atoms. The molecule has 0 saturated heterocycles. The van der Waals surface area contributed by atoms with Crippen LogP contribution in [-0.2, 0) is 27.7 Å². The minimum absolute atomic E-state index is 0.0645. The quantitative estimate of drug-likeness (QED) is 0.392. The van der Waals surface area contributed by atoms with Crippen molar-refractivity contribution in [2.75, 3.05) is 10.8 Å². The molecule has 0 saturated carbocycles. The maximum atomic E-state index is 13.6. The number of fused-ring (bicyclic) bond motifs is 1. The number of anilines is 1. The molecule has 35 heavy (non-hydrogen) atoms. The molecule has 0 aliphatic heterocycles. The van der Waals surface area contributed by atoms with Gasteiger partial charge in [-0.05, 0) is 80.5 Å². The summed E-state index contributed by atoms with van der Waals surface area (Å²) in [4.78, 5) is 13.2. The fourth-order valence-corrected chi connectivity index (χ4v) is 6.23. The van der Waals surface area contributed by atoms with Gasteiger partial charge in [0.05, 0.1) is 26.7 Å². The van der Waals surface area contributed by atoms with E-state index in [-0.39, 0.29) is 26.7 Å². The summed E-state index contributed by atoms with van der Waals surface area (Å²) in [7, 11) is -4.09. The summed E-state index contributed by atoms with van der Waals surface area (Å²) in [5.41, 5.74) is 4.76. The average Bonchev–Trinajstić information content (AvgIpc) is 2.84. The third kappa shape index (κ3) is 5.66. The first-order valence-electron chi connectivity index (χ1n) is 11.6. The molecule has 1 amide bonds. The van der Waals surface area contributed by atoms with Crippen molar-refractivity contribution >= 4 is 44.8 Å². The second-order valence-electron chi connectivity index (χ2n) is 8.92. The zero-order valence-electron chi connectivity index (χ0n) is 19.7. The van der Waals surface area contributed by atoms with Crippen LogP contribution in [-0.4, -0.2) is 20.9 Å². The van der Waals surface area contributed by atoms with E-state index in [0.29, 0.717) is 0 Å². The predicted octanol–water partition coefficient (Wildman–Crippen LogP) is 6.25. The molecule has 0 unspecified atom stereocenters. The normalized spacial score (nSPS) is 14.2. The number of carbonyl (C=O) groups is 1.